The first-order valence-electron chi connectivity index (χ1n) is 4.38. The standard InChI is InChI=1S/C8H16.CH3Br/c1-2-4-6-8-7-5-3-1;1-2/h1-8H2;1H3. The molecule has 0 unspecified atom stereocenters. The molecule has 0 radical (unpaired) electrons. The van der Waals surface area contributed by atoms with Gasteiger partial charge in [0.15, 0.2) is 0 Å². The average Bonchev–Trinajstić information content (AvgIpc) is 1.90. The summed E-state index contributed by atoms with van der Waals surface area (Å²) in [6.07, 6.45) is 12.0. The van der Waals surface area contributed by atoms with E-state index in [1.165, 1.54) is 51.4 Å². The Bertz CT molecular complexity index is 28.7. The van der Waals surface area contributed by atoms with Gasteiger partial charge in [-0.05, 0) is 5.83 Å². The average molecular weight is 207 g/mol. The topological polar surface area (TPSA) is 0 Å². The zero-order valence-corrected chi connectivity index (χ0v) is 8.62. The summed E-state index contributed by atoms with van der Waals surface area (Å²) in [5.74, 6) is 1.81. The van der Waals surface area contributed by atoms with Crippen LogP contribution in [0.5, 0.6) is 0 Å². The van der Waals surface area contributed by atoms with Gasteiger partial charge in [-0.2, -0.15) is 0 Å². The Kier molecular flexibility index (Phi) is 9.94. The molecule has 1 aliphatic carbocycles. The monoisotopic (exact) mass is 206 g/mol. The van der Waals surface area contributed by atoms with E-state index < -0.39 is 0 Å². The minimum absolute atomic E-state index is 1.50. The van der Waals surface area contributed by atoms with Gasteiger partial charge in [0, 0.05) is 0 Å². The molecule has 0 aromatic rings. The first-order chi connectivity index (χ1) is 5.00. The van der Waals surface area contributed by atoms with Crippen LogP contribution in [0.4, 0.5) is 0 Å². The molecule has 0 heterocycles. The molecule has 1 heteroatoms. The van der Waals surface area contributed by atoms with Gasteiger partial charge in [-0.15, -0.1) is 0 Å². The third-order valence-electron chi connectivity index (χ3n) is 2.00. The van der Waals surface area contributed by atoms with Crippen LogP contribution in [0.15, 0.2) is 0 Å². The third-order valence-corrected chi connectivity index (χ3v) is 2.00. The Labute approximate surface area is 73.5 Å². The van der Waals surface area contributed by atoms with Crippen molar-refractivity contribution in [1.82, 2.24) is 0 Å². The summed E-state index contributed by atoms with van der Waals surface area (Å²) in [7, 11) is 0. The van der Waals surface area contributed by atoms with Gasteiger partial charge in [0.25, 0.3) is 0 Å². The molecule has 10 heavy (non-hydrogen) atoms. The summed E-state index contributed by atoms with van der Waals surface area (Å²) in [6.45, 7) is 0. The minimum Gasteiger partial charge on any atom is -0.0966 e. The number of hydrogen-bond donors (Lipinski definition) is 0. The fourth-order valence-electron chi connectivity index (χ4n) is 1.41. The molecule has 1 aliphatic rings. The lowest BCUT2D eigenvalue weighted by Crippen LogP contribution is -1.85. The van der Waals surface area contributed by atoms with Crippen molar-refractivity contribution in [2.75, 3.05) is 5.83 Å². The van der Waals surface area contributed by atoms with E-state index in [9.17, 15) is 0 Å². The van der Waals surface area contributed by atoms with Crippen molar-refractivity contribution in [3.05, 3.63) is 0 Å². The molecular weight excluding hydrogens is 188 g/mol. The summed E-state index contributed by atoms with van der Waals surface area (Å²) >= 11 is 2.94. The van der Waals surface area contributed by atoms with Crippen LogP contribution in [0.1, 0.15) is 51.4 Å². The third kappa shape index (κ3) is 6.60. The van der Waals surface area contributed by atoms with Gasteiger partial charge in [-0.1, -0.05) is 67.3 Å². The van der Waals surface area contributed by atoms with Crippen LogP contribution < -0.4 is 0 Å². The van der Waals surface area contributed by atoms with Crippen molar-refractivity contribution in [2.45, 2.75) is 51.4 Å². The maximum Gasteiger partial charge on any atom is -0.00848 e. The second kappa shape index (κ2) is 9.48. The van der Waals surface area contributed by atoms with Gasteiger partial charge < -0.3 is 0 Å². The molecule has 0 spiro atoms. The Morgan fingerprint density at radius 2 is 0.600 bits per heavy atom. The number of halogens is 1. The predicted octanol–water partition coefficient (Wildman–Crippen LogP) is 4.13. The molecule has 0 aromatic heterocycles. The first kappa shape index (κ1) is 10.5. The Hall–Kier alpha value is 0.480. The molecule has 0 amide bonds. The van der Waals surface area contributed by atoms with Gasteiger partial charge >= 0.3 is 0 Å². The highest BCUT2D eigenvalue weighted by molar-refractivity contribution is 9.08. The Balaban J connectivity index is 0.000000371. The van der Waals surface area contributed by atoms with Crippen molar-refractivity contribution < 1.29 is 0 Å². The van der Waals surface area contributed by atoms with Crippen LogP contribution in [-0.4, -0.2) is 5.83 Å². The van der Waals surface area contributed by atoms with Crippen molar-refractivity contribution in [1.29, 1.82) is 0 Å². The summed E-state index contributed by atoms with van der Waals surface area (Å²) in [4.78, 5) is 0. The van der Waals surface area contributed by atoms with Crippen LogP contribution in [0.25, 0.3) is 0 Å². The fraction of sp³-hybridized carbons (Fsp3) is 1.00. The van der Waals surface area contributed by atoms with Crippen LogP contribution in [0, 0.1) is 0 Å². The van der Waals surface area contributed by atoms with E-state index in [-0.39, 0.29) is 0 Å². The summed E-state index contributed by atoms with van der Waals surface area (Å²) in [5, 5.41) is 0. The molecular formula is C9H19Br. The quantitative estimate of drug-likeness (QED) is 0.524. The molecule has 0 N–H and O–H groups in total. The van der Waals surface area contributed by atoms with E-state index in [0.29, 0.717) is 0 Å². The van der Waals surface area contributed by atoms with Crippen LogP contribution in [-0.2, 0) is 0 Å². The van der Waals surface area contributed by atoms with Crippen molar-refractivity contribution >= 4 is 15.9 Å². The van der Waals surface area contributed by atoms with Crippen molar-refractivity contribution in [2.24, 2.45) is 0 Å². The smallest absolute Gasteiger partial charge is 0.00848 e. The molecule has 0 atom stereocenters. The lowest BCUT2D eigenvalue weighted by Gasteiger charge is -2.05. The number of hydrogen-bond acceptors (Lipinski definition) is 0. The van der Waals surface area contributed by atoms with E-state index in [1.54, 1.807) is 0 Å². The van der Waals surface area contributed by atoms with E-state index in [4.69, 9.17) is 0 Å². The second-order valence-corrected chi connectivity index (χ2v) is 2.83. The first-order valence-corrected chi connectivity index (χ1v) is 5.96. The Morgan fingerprint density at radius 1 is 0.500 bits per heavy atom. The maximum absolute atomic E-state index is 2.94. The molecule has 62 valence electrons. The summed E-state index contributed by atoms with van der Waals surface area (Å²) < 4.78 is 0. The van der Waals surface area contributed by atoms with E-state index in [0.717, 1.165) is 0 Å². The number of alkyl halides is 1. The van der Waals surface area contributed by atoms with Crippen molar-refractivity contribution in [3.8, 4) is 0 Å². The number of rotatable bonds is 0. The van der Waals surface area contributed by atoms with Crippen LogP contribution in [0.2, 0.25) is 0 Å². The van der Waals surface area contributed by atoms with E-state index in [1.807, 2.05) is 5.83 Å². The van der Waals surface area contributed by atoms with Gasteiger partial charge in [0.1, 0.15) is 0 Å². The van der Waals surface area contributed by atoms with Gasteiger partial charge in [0.2, 0.25) is 0 Å². The molecule has 0 nitrogen and oxygen atoms in total. The van der Waals surface area contributed by atoms with E-state index in [2.05, 4.69) is 15.9 Å². The normalized spacial score (nSPS) is 19.8. The molecule has 0 aliphatic heterocycles. The highest BCUT2D eigenvalue weighted by atomic mass is 79.9. The van der Waals surface area contributed by atoms with Crippen LogP contribution in [0.3, 0.4) is 0 Å². The largest absolute Gasteiger partial charge is 0.0966 e. The maximum atomic E-state index is 2.94. The van der Waals surface area contributed by atoms with Gasteiger partial charge in [-0.25, -0.2) is 0 Å². The molecule has 0 saturated heterocycles. The highest BCUT2D eigenvalue weighted by Crippen LogP contribution is 2.15. The van der Waals surface area contributed by atoms with E-state index >= 15 is 0 Å². The molecule has 0 bridgehead atoms. The molecule has 0 aromatic carbocycles. The van der Waals surface area contributed by atoms with Crippen LogP contribution >= 0.6 is 15.9 Å². The molecule has 1 fully saturated rings. The highest BCUT2D eigenvalue weighted by Gasteiger charge is 1.95. The Morgan fingerprint density at radius 3 is 0.700 bits per heavy atom. The molecule has 1 rings (SSSR count). The minimum atomic E-state index is 1.50. The van der Waals surface area contributed by atoms with Crippen molar-refractivity contribution in [3.63, 3.8) is 0 Å². The zero-order valence-electron chi connectivity index (χ0n) is 7.03. The predicted molar refractivity (Wildman–Crippen MR) is 51.8 cm³/mol. The van der Waals surface area contributed by atoms with Gasteiger partial charge in [0.05, 0.1) is 0 Å². The van der Waals surface area contributed by atoms with Gasteiger partial charge in [-0.3, -0.25) is 0 Å². The summed E-state index contributed by atoms with van der Waals surface area (Å²) in [5.41, 5.74) is 0. The summed E-state index contributed by atoms with van der Waals surface area (Å²) in [6, 6.07) is 0. The fourth-order valence-corrected chi connectivity index (χ4v) is 1.41. The zero-order chi connectivity index (χ0) is 7.66. The SMILES string of the molecule is C1CCCCCCC1.CBr. The lowest BCUT2D eigenvalue weighted by molar-refractivity contribution is 0.504. The lowest BCUT2D eigenvalue weighted by atomic mass is 10.0. The molecule has 1 saturated carbocycles. The second-order valence-electron chi connectivity index (χ2n) is 2.83.